The molecule has 2 fully saturated rings. The number of carbonyl (C=O) groups excluding carboxylic acids is 1. The number of likely N-dealkylation sites (tertiary alicyclic amines) is 1. The van der Waals surface area contributed by atoms with Gasteiger partial charge in [-0.25, -0.2) is 4.79 Å². The molecule has 2 atom stereocenters. The number of piperidine rings is 1. The summed E-state index contributed by atoms with van der Waals surface area (Å²) >= 11 is 0. The highest BCUT2D eigenvalue weighted by Crippen LogP contribution is 2.29. The van der Waals surface area contributed by atoms with Crippen LogP contribution >= 0.6 is 0 Å². The highest BCUT2D eigenvalue weighted by molar-refractivity contribution is 5.68. The molecule has 18 heavy (non-hydrogen) atoms. The van der Waals surface area contributed by atoms with Crippen LogP contribution in [0.25, 0.3) is 0 Å². The van der Waals surface area contributed by atoms with Crippen LogP contribution < -0.4 is 5.32 Å². The third kappa shape index (κ3) is 3.61. The van der Waals surface area contributed by atoms with Crippen molar-refractivity contribution < 1.29 is 9.53 Å². The van der Waals surface area contributed by atoms with Crippen molar-refractivity contribution in [2.45, 2.75) is 45.6 Å². The highest BCUT2D eigenvalue weighted by atomic mass is 16.6. The van der Waals surface area contributed by atoms with Gasteiger partial charge in [-0.3, -0.25) is 0 Å². The Morgan fingerprint density at radius 3 is 2.67 bits per heavy atom. The van der Waals surface area contributed by atoms with Crippen LogP contribution in [-0.4, -0.2) is 42.8 Å². The first-order chi connectivity index (χ1) is 8.46. The largest absolute Gasteiger partial charge is 0.444 e. The number of ether oxygens (including phenoxy) is 1. The predicted octanol–water partition coefficient (Wildman–Crippen LogP) is 2.24. The smallest absolute Gasteiger partial charge is 0.410 e. The second-order valence-electron chi connectivity index (χ2n) is 6.58. The molecule has 0 bridgehead atoms. The Labute approximate surface area is 110 Å². The standard InChI is InChI=1S/C14H26N2O2/c1-14(2,3)18-13(17)16-8-6-12(10-16)11-5-4-7-15-9-11/h11-12,15H,4-10H2,1-3H3/t11-,12+/m1/s1. The average molecular weight is 254 g/mol. The number of carbonyl (C=O) groups is 1. The van der Waals surface area contributed by atoms with Gasteiger partial charge in [-0.2, -0.15) is 0 Å². The van der Waals surface area contributed by atoms with Gasteiger partial charge in [0.05, 0.1) is 0 Å². The lowest BCUT2D eigenvalue weighted by atomic mass is 9.86. The lowest BCUT2D eigenvalue weighted by Gasteiger charge is -2.28. The van der Waals surface area contributed by atoms with Crippen LogP contribution in [0.2, 0.25) is 0 Å². The molecule has 0 aromatic heterocycles. The van der Waals surface area contributed by atoms with Gasteiger partial charge in [0.2, 0.25) is 0 Å². The molecule has 2 aliphatic heterocycles. The van der Waals surface area contributed by atoms with Crippen molar-refractivity contribution in [1.82, 2.24) is 10.2 Å². The van der Waals surface area contributed by atoms with Gasteiger partial charge in [0.15, 0.2) is 0 Å². The van der Waals surface area contributed by atoms with Gasteiger partial charge in [0, 0.05) is 13.1 Å². The van der Waals surface area contributed by atoms with E-state index in [4.69, 9.17) is 4.74 Å². The Bertz CT molecular complexity index is 293. The molecule has 4 heteroatoms. The maximum Gasteiger partial charge on any atom is 0.410 e. The van der Waals surface area contributed by atoms with Crippen LogP contribution in [0.4, 0.5) is 4.79 Å². The van der Waals surface area contributed by atoms with Crippen LogP contribution in [-0.2, 0) is 4.74 Å². The van der Waals surface area contributed by atoms with E-state index in [1.165, 1.54) is 12.8 Å². The maximum atomic E-state index is 12.0. The fourth-order valence-corrected chi connectivity index (χ4v) is 2.95. The minimum Gasteiger partial charge on any atom is -0.444 e. The minimum atomic E-state index is -0.387. The van der Waals surface area contributed by atoms with Crippen molar-refractivity contribution in [1.29, 1.82) is 0 Å². The topological polar surface area (TPSA) is 41.6 Å². The summed E-state index contributed by atoms with van der Waals surface area (Å²) in [6.07, 6.45) is 3.56. The summed E-state index contributed by atoms with van der Waals surface area (Å²) in [5, 5.41) is 3.46. The summed E-state index contributed by atoms with van der Waals surface area (Å²) in [6, 6.07) is 0. The average Bonchev–Trinajstić information content (AvgIpc) is 2.77. The first-order valence-electron chi connectivity index (χ1n) is 7.14. The molecule has 2 aliphatic rings. The van der Waals surface area contributed by atoms with Crippen LogP contribution in [0.1, 0.15) is 40.0 Å². The molecule has 2 heterocycles. The number of amides is 1. The zero-order chi connectivity index (χ0) is 13.2. The zero-order valence-electron chi connectivity index (χ0n) is 11.9. The summed E-state index contributed by atoms with van der Waals surface area (Å²) < 4.78 is 5.43. The molecule has 104 valence electrons. The van der Waals surface area contributed by atoms with E-state index in [-0.39, 0.29) is 11.7 Å². The Balaban J connectivity index is 1.82. The fraction of sp³-hybridized carbons (Fsp3) is 0.929. The van der Waals surface area contributed by atoms with E-state index < -0.39 is 0 Å². The van der Waals surface area contributed by atoms with E-state index in [1.54, 1.807) is 0 Å². The second kappa shape index (κ2) is 5.47. The van der Waals surface area contributed by atoms with Crippen LogP contribution in [0, 0.1) is 11.8 Å². The molecule has 0 spiro atoms. The predicted molar refractivity (Wildman–Crippen MR) is 71.5 cm³/mol. The summed E-state index contributed by atoms with van der Waals surface area (Å²) in [5.41, 5.74) is -0.387. The van der Waals surface area contributed by atoms with E-state index in [1.807, 2.05) is 25.7 Å². The van der Waals surface area contributed by atoms with Crippen LogP contribution in [0.5, 0.6) is 0 Å². The molecule has 2 rings (SSSR count). The number of hydrogen-bond donors (Lipinski definition) is 1. The number of rotatable bonds is 1. The van der Waals surface area contributed by atoms with E-state index in [0.717, 1.165) is 38.5 Å². The molecule has 1 amide bonds. The SMILES string of the molecule is CC(C)(C)OC(=O)N1CC[C@H]([C@@H]2CCCNC2)C1. The Morgan fingerprint density at radius 2 is 2.06 bits per heavy atom. The van der Waals surface area contributed by atoms with Gasteiger partial charge in [-0.15, -0.1) is 0 Å². The molecule has 0 aromatic rings. The van der Waals surface area contributed by atoms with Crippen LogP contribution in [0.15, 0.2) is 0 Å². The molecular formula is C14H26N2O2. The number of nitrogens with zero attached hydrogens (tertiary/aromatic N) is 1. The van der Waals surface area contributed by atoms with Crippen LogP contribution in [0.3, 0.4) is 0 Å². The number of hydrogen-bond acceptors (Lipinski definition) is 3. The normalized spacial score (nSPS) is 29.4. The van der Waals surface area contributed by atoms with E-state index in [2.05, 4.69) is 5.32 Å². The summed E-state index contributed by atoms with van der Waals surface area (Å²) in [6.45, 7) is 9.76. The van der Waals surface area contributed by atoms with Crippen molar-refractivity contribution >= 4 is 6.09 Å². The van der Waals surface area contributed by atoms with E-state index in [0.29, 0.717) is 5.92 Å². The van der Waals surface area contributed by atoms with Gasteiger partial charge in [-0.1, -0.05) is 0 Å². The van der Waals surface area contributed by atoms with Crippen molar-refractivity contribution in [3.63, 3.8) is 0 Å². The molecule has 0 aromatic carbocycles. The zero-order valence-corrected chi connectivity index (χ0v) is 11.9. The van der Waals surface area contributed by atoms with Crippen molar-refractivity contribution in [2.24, 2.45) is 11.8 Å². The molecule has 0 saturated carbocycles. The highest BCUT2D eigenvalue weighted by Gasteiger charge is 2.34. The summed E-state index contributed by atoms with van der Waals surface area (Å²) in [7, 11) is 0. The first-order valence-corrected chi connectivity index (χ1v) is 7.14. The third-order valence-electron chi connectivity index (χ3n) is 3.88. The fourth-order valence-electron chi connectivity index (χ4n) is 2.95. The third-order valence-corrected chi connectivity index (χ3v) is 3.88. The molecule has 0 radical (unpaired) electrons. The van der Waals surface area contributed by atoms with Gasteiger partial charge in [0.25, 0.3) is 0 Å². The second-order valence-corrected chi connectivity index (χ2v) is 6.58. The van der Waals surface area contributed by atoms with E-state index in [9.17, 15) is 4.79 Å². The Kier molecular flexibility index (Phi) is 4.15. The van der Waals surface area contributed by atoms with Gasteiger partial charge >= 0.3 is 6.09 Å². The number of nitrogens with one attached hydrogen (secondary N) is 1. The molecule has 2 saturated heterocycles. The quantitative estimate of drug-likeness (QED) is 0.780. The molecule has 4 nitrogen and oxygen atoms in total. The first kappa shape index (κ1) is 13.7. The maximum absolute atomic E-state index is 12.0. The molecular weight excluding hydrogens is 228 g/mol. The molecule has 0 aliphatic carbocycles. The van der Waals surface area contributed by atoms with Gasteiger partial charge in [0.1, 0.15) is 5.60 Å². The minimum absolute atomic E-state index is 0.145. The summed E-state index contributed by atoms with van der Waals surface area (Å²) in [5.74, 6) is 1.40. The molecule has 0 unspecified atom stereocenters. The van der Waals surface area contributed by atoms with Crippen molar-refractivity contribution in [3.05, 3.63) is 0 Å². The van der Waals surface area contributed by atoms with Crippen molar-refractivity contribution in [3.8, 4) is 0 Å². The van der Waals surface area contributed by atoms with Gasteiger partial charge < -0.3 is 15.0 Å². The Morgan fingerprint density at radius 1 is 1.28 bits per heavy atom. The van der Waals surface area contributed by atoms with Crippen molar-refractivity contribution in [2.75, 3.05) is 26.2 Å². The van der Waals surface area contributed by atoms with E-state index >= 15 is 0 Å². The Hall–Kier alpha value is -0.770. The monoisotopic (exact) mass is 254 g/mol. The lowest BCUT2D eigenvalue weighted by Crippen LogP contribution is -2.38. The van der Waals surface area contributed by atoms with Gasteiger partial charge in [-0.05, 0) is 65.0 Å². The summed E-state index contributed by atoms with van der Waals surface area (Å²) in [4.78, 5) is 13.9. The molecule has 1 N–H and O–H groups in total. The lowest BCUT2D eigenvalue weighted by molar-refractivity contribution is 0.0282.